The van der Waals surface area contributed by atoms with Crippen molar-refractivity contribution >= 4 is 20.8 Å². The number of sulfonamides is 1. The van der Waals surface area contributed by atoms with Crippen LogP contribution in [0.1, 0.15) is 20.3 Å². The lowest BCUT2D eigenvalue weighted by Crippen LogP contribution is -2.37. The van der Waals surface area contributed by atoms with Crippen LogP contribution in [0.4, 0.5) is 0 Å². The average molecular weight is 336 g/mol. The third-order valence-electron chi connectivity index (χ3n) is 3.79. The SMILES string of the molecule is CC(C)CCN(CCNO)S(=O)(=O)c1ccc2ccccc2c1. The summed E-state index contributed by atoms with van der Waals surface area (Å²) >= 11 is 0. The van der Waals surface area contributed by atoms with Gasteiger partial charge in [-0.15, -0.1) is 0 Å². The van der Waals surface area contributed by atoms with Crippen molar-refractivity contribution in [3.63, 3.8) is 0 Å². The molecule has 0 aliphatic carbocycles. The molecule has 0 atom stereocenters. The lowest BCUT2D eigenvalue weighted by atomic mass is 10.1. The van der Waals surface area contributed by atoms with Gasteiger partial charge in [-0.3, -0.25) is 0 Å². The van der Waals surface area contributed by atoms with E-state index in [4.69, 9.17) is 5.21 Å². The Kier molecular flexibility index (Phi) is 6.12. The molecule has 0 aliphatic rings. The van der Waals surface area contributed by atoms with Crippen molar-refractivity contribution in [3.05, 3.63) is 42.5 Å². The van der Waals surface area contributed by atoms with Gasteiger partial charge in [-0.2, -0.15) is 4.31 Å². The Morgan fingerprint density at radius 1 is 1.09 bits per heavy atom. The molecule has 0 spiro atoms. The molecule has 23 heavy (non-hydrogen) atoms. The maximum atomic E-state index is 12.9. The molecule has 0 heterocycles. The number of hydrogen-bond acceptors (Lipinski definition) is 4. The highest BCUT2D eigenvalue weighted by atomic mass is 32.2. The zero-order valence-electron chi connectivity index (χ0n) is 13.6. The Balaban J connectivity index is 2.33. The first kappa shape index (κ1) is 17.9. The summed E-state index contributed by atoms with van der Waals surface area (Å²) in [5.74, 6) is 0.409. The Labute approximate surface area is 137 Å². The van der Waals surface area contributed by atoms with E-state index >= 15 is 0 Å². The number of nitrogens with one attached hydrogen (secondary N) is 1. The van der Waals surface area contributed by atoms with Gasteiger partial charge in [-0.05, 0) is 35.2 Å². The van der Waals surface area contributed by atoms with Crippen molar-refractivity contribution in [1.29, 1.82) is 0 Å². The van der Waals surface area contributed by atoms with E-state index in [0.717, 1.165) is 17.2 Å². The third-order valence-corrected chi connectivity index (χ3v) is 5.68. The van der Waals surface area contributed by atoms with E-state index in [9.17, 15) is 8.42 Å². The van der Waals surface area contributed by atoms with E-state index < -0.39 is 10.0 Å². The van der Waals surface area contributed by atoms with Crippen molar-refractivity contribution < 1.29 is 13.6 Å². The second kappa shape index (κ2) is 7.88. The van der Waals surface area contributed by atoms with Gasteiger partial charge in [-0.1, -0.05) is 44.2 Å². The number of nitrogens with zero attached hydrogens (tertiary/aromatic N) is 1. The summed E-state index contributed by atoms with van der Waals surface area (Å²) in [5.41, 5.74) is 2.03. The van der Waals surface area contributed by atoms with Crippen LogP contribution >= 0.6 is 0 Å². The fraction of sp³-hybridized carbons (Fsp3) is 0.412. The molecule has 0 saturated heterocycles. The Bertz CT molecular complexity index is 744. The van der Waals surface area contributed by atoms with Crippen LogP contribution in [-0.2, 0) is 10.0 Å². The molecule has 0 unspecified atom stereocenters. The maximum absolute atomic E-state index is 12.9. The van der Waals surface area contributed by atoms with Gasteiger partial charge in [0.1, 0.15) is 0 Å². The monoisotopic (exact) mass is 336 g/mol. The first-order chi connectivity index (χ1) is 10.9. The number of hydroxylamine groups is 1. The van der Waals surface area contributed by atoms with Gasteiger partial charge < -0.3 is 5.21 Å². The predicted octanol–water partition coefficient (Wildman–Crippen LogP) is 2.86. The third kappa shape index (κ3) is 4.51. The van der Waals surface area contributed by atoms with Gasteiger partial charge in [0, 0.05) is 19.6 Å². The van der Waals surface area contributed by atoms with E-state index in [2.05, 4.69) is 13.8 Å². The lowest BCUT2D eigenvalue weighted by molar-refractivity contribution is 0.159. The fourth-order valence-corrected chi connectivity index (χ4v) is 3.90. The van der Waals surface area contributed by atoms with Crippen LogP contribution in [0.3, 0.4) is 0 Å². The van der Waals surface area contributed by atoms with Gasteiger partial charge in [0.25, 0.3) is 0 Å². The minimum Gasteiger partial charge on any atom is -0.317 e. The molecular formula is C17H24N2O3S. The van der Waals surface area contributed by atoms with E-state index in [1.54, 1.807) is 12.1 Å². The normalized spacial score (nSPS) is 12.4. The molecule has 0 amide bonds. The summed E-state index contributed by atoms with van der Waals surface area (Å²) in [7, 11) is -3.58. The molecule has 2 rings (SSSR count). The van der Waals surface area contributed by atoms with Crippen LogP contribution in [0.15, 0.2) is 47.4 Å². The van der Waals surface area contributed by atoms with E-state index in [0.29, 0.717) is 12.5 Å². The van der Waals surface area contributed by atoms with E-state index in [1.165, 1.54) is 4.31 Å². The molecule has 0 fully saturated rings. The first-order valence-corrected chi connectivity index (χ1v) is 9.25. The minimum atomic E-state index is -3.58. The number of benzene rings is 2. The molecule has 0 aliphatic heterocycles. The summed E-state index contributed by atoms with van der Waals surface area (Å²) in [5, 5.41) is 10.7. The Morgan fingerprint density at radius 3 is 2.43 bits per heavy atom. The summed E-state index contributed by atoms with van der Waals surface area (Å²) in [6.07, 6.45) is 0.776. The van der Waals surface area contributed by atoms with Crippen molar-refractivity contribution in [2.75, 3.05) is 19.6 Å². The second-order valence-corrected chi connectivity index (χ2v) is 7.94. The molecule has 0 aromatic heterocycles. The molecule has 0 bridgehead atoms. The van der Waals surface area contributed by atoms with Crippen LogP contribution in [0.25, 0.3) is 10.8 Å². The predicted molar refractivity (Wildman–Crippen MR) is 92.0 cm³/mol. The minimum absolute atomic E-state index is 0.199. The van der Waals surface area contributed by atoms with Crippen LogP contribution in [0.2, 0.25) is 0 Å². The van der Waals surface area contributed by atoms with Crippen molar-refractivity contribution in [3.8, 4) is 0 Å². The molecule has 0 saturated carbocycles. The Morgan fingerprint density at radius 2 is 1.78 bits per heavy atom. The molecule has 126 valence electrons. The molecule has 0 radical (unpaired) electrons. The van der Waals surface area contributed by atoms with E-state index in [-0.39, 0.29) is 18.0 Å². The summed E-state index contributed by atoms with van der Waals surface area (Å²) < 4.78 is 27.3. The van der Waals surface area contributed by atoms with Crippen LogP contribution in [0.5, 0.6) is 0 Å². The summed E-state index contributed by atoms with van der Waals surface area (Å²) in [4.78, 5) is 0.290. The highest BCUT2D eigenvalue weighted by Gasteiger charge is 2.24. The highest BCUT2D eigenvalue weighted by molar-refractivity contribution is 7.89. The smallest absolute Gasteiger partial charge is 0.243 e. The van der Waals surface area contributed by atoms with Gasteiger partial charge >= 0.3 is 0 Å². The largest absolute Gasteiger partial charge is 0.317 e. The highest BCUT2D eigenvalue weighted by Crippen LogP contribution is 2.22. The topological polar surface area (TPSA) is 69.6 Å². The Hall–Kier alpha value is -1.47. The molecule has 2 aromatic carbocycles. The standard InChI is InChI=1S/C17H24N2O3S/c1-14(2)9-11-19(12-10-18-20)23(21,22)17-8-7-15-5-3-4-6-16(15)13-17/h3-8,13-14,18,20H,9-12H2,1-2H3. The van der Waals surface area contributed by atoms with Gasteiger partial charge in [0.05, 0.1) is 4.90 Å². The molecule has 6 heteroatoms. The average Bonchev–Trinajstić information content (AvgIpc) is 2.54. The number of hydrogen-bond donors (Lipinski definition) is 2. The van der Waals surface area contributed by atoms with Crippen molar-refractivity contribution in [1.82, 2.24) is 9.79 Å². The molecule has 5 nitrogen and oxygen atoms in total. The van der Waals surface area contributed by atoms with E-state index in [1.807, 2.05) is 35.8 Å². The van der Waals surface area contributed by atoms with Gasteiger partial charge in [0.15, 0.2) is 0 Å². The maximum Gasteiger partial charge on any atom is 0.243 e. The summed E-state index contributed by atoms with van der Waals surface area (Å²) in [6.45, 7) is 4.99. The van der Waals surface area contributed by atoms with Crippen molar-refractivity contribution in [2.45, 2.75) is 25.2 Å². The van der Waals surface area contributed by atoms with Gasteiger partial charge in [-0.25, -0.2) is 13.9 Å². The summed E-state index contributed by atoms with van der Waals surface area (Å²) in [6, 6.07) is 12.9. The zero-order chi connectivity index (χ0) is 16.9. The number of fused-ring (bicyclic) bond motifs is 1. The number of rotatable bonds is 8. The van der Waals surface area contributed by atoms with Gasteiger partial charge in [0.2, 0.25) is 10.0 Å². The van der Waals surface area contributed by atoms with Crippen molar-refractivity contribution in [2.24, 2.45) is 5.92 Å². The second-order valence-electron chi connectivity index (χ2n) is 6.00. The molecule has 2 aromatic rings. The lowest BCUT2D eigenvalue weighted by Gasteiger charge is -2.23. The molecule has 2 N–H and O–H groups in total. The first-order valence-electron chi connectivity index (χ1n) is 7.81. The van der Waals surface area contributed by atoms with Crippen LogP contribution in [0, 0.1) is 5.92 Å². The quantitative estimate of drug-likeness (QED) is 0.727. The fourth-order valence-electron chi connectivity index (χ4n) is 2.41. The zero-order valence-corrected chi connectivity index (χ0v) is 14.4. The van der Waals surface area contributed by atoms with Crippen LogP contribution in [-0.4, -0.2) is 37.6 Å². The van der Waals surface area contributed by atoms with Crippen LogP contribution < -0.4 is 5.48 Å². The molecular weight excluding hydrogens is 312 g/mol.